The fourth-order valence-electron chi connectivity index (χ4n) is 4.74. The first kappa shape index (κ1) is 31.1. The maximum Gasteiger partial charge on any atom is 0.340 e. The van der Waals surface area contributed by atoms with Gasteiger partial charge in [-0.1, -0.05) is 25.8 Å². The van der Waals surface area contributed by atoms with Crippen molar-refractivity contribution >= 4 is 32.2 Å². The molecule has 2 fully saturated rings. The van der Waals surface area contributed by atoms with Gasteiger partial charge in [0.1, 0.15) is 12.2 Å². The van der Waals surface area contributed by atoms with Gasteiger partial charge in [0.2, 0.25) is 0 Å². The number of aromatic nitrogens is 4. The Labute approximate surface area is 230 Å². The number of allylic oxidation sites excluding steroid dienone is 1. The Morgan fingerprint density at radius 2 is 1.85 bits per heavy atom. The third kappa shape index (κ3) is 7.72. The number of nitrogens with zero attached hydrogens (tertiary/aromatic N) is 4. The first-order chi connectivity index (χ1) is 18.8. The molecule has 0 bridgehead atoms. The highest BCUT2D eigenvalue weighted by molar-refractivity contribution is 7.70. The number of aliphatic hydroxyl groups is 3. The summed E-state index contributed by atoms with van der Waals surface area (Å²) in [6.07, 6.45) is 0.963. The summed E-state index contributed by atoms with van der Waals surface area (Å²) >= 11 is 0. The van der Waals surface area contributed by atoms with Crippen LogP contribution < -0.4 is 5.32 Å². The number of alkyl halides is 1. The summed E-state index contributed by atoms with van der Waals surface area (Å²) in [4.78, 5) is 40.8. The average molecular weight is 608 g/mol. The summed E-state index contributed by atoms with van der Waals surface area (Å²) in [5.41, 5.74) is 0.0959. The standard InChI is InChI=1S/C23H36FN5O9P2/c1-2-5-14(10-38-40(36,37)12-39(33,34)35)18(30)16(24)23(32)29-11-25-17-20(26-15-6-3-4-7-15)27-21(28-22(17)29)19(31)13-8-9-13/h5,11,13,15-16,18-19,23,30-32H,2-4,6-10,12H2,1H3,(H,36,37)(H,26,27,28)(H2,33,34,35)/b14-5-/t16-,18+,19?,23+/m0/s1. The molecular weight excluding hydrogens is 571 g/mol. The van der Waals surface area contributed by atoms with Crippen LogP contribution in [0.25, 0.3) is 11.2 Å². The van der Waals surface area contributed by atoms with Gasteiger partial charge >= 0.3 is 15.2 Å². The van der Waals surface area contributed by atoms with Crippen molar-refractivity contribution in [2.75, 3.05) is 17.8 Å². The second kappa shape index (κ2) is 12.6. The van der Waals surface area contributed by atoms with Gasteiger partial charge in [0.15, 0.2) is 41.1 Å². The molecule has 2 saturated carbocycles. The van der Waals surface area contributed by atoms with Gasteiger partial charge in [0.25, 0.3) is 0 Å². The molecule has 4 rings (SSSR count). The van der Waals surface area contributed by atoms with Gasteiger partial charge in [-0.2, -0.15) is 0 Å². The van der Waals surface area contributed by atoms with Gasteiger partial charge in [-0.05, 0) is 43.6 Å². The number of rotatable bonds is 14. The molecule has 0 aliphatic heterocycles. The molecule has 2 aromatic heterocycles. The minimum atomic E-state index is -4.88. The molecule has 2 heterocycles. The lowest BCUT2D eigenvalue weighted by atomic mass is 10.0. The Balaban J connectivity index is 1.58. The zero-order valence-electron chi connectivity index (χ0n) is 22.0. The quantitative estimate of drug-likeness (QED) is 0.121. The number of nitrogens with one attached hydrogen (secondary N) is 1. The first-order valence-electron chi connectivity index (χ1n) is 13.2. The molecule has 2 aliphatic carbocycles. The van der Waals surface area contributed by atoms with Crippen LogP contribution in [0.5, 0.6) is 0 Å². The normalized spacial score (nSPS) is 21.8. The lowest BCUT2D eigenvalue weighted by molar-refractivity contribution is -0.0352. The molecule has 0 radical (unpaired) electrons. The van der Waals surface area contributed by atoms with Crippen LogP contribution in [0.3, 0.4) is 0 Å². The van der Waals surface area contributed by atoms with E-state index in [1.165, 1.54) is 6.08 Å². The fourth-order valence-corrected chi connectivity index (χ4v) is 7.28. The fraction of sp³-hybridized carbons (Fsp3) is 0.696. The monoisotopic (exact) mass is 607 g/mol. The molecule has 224 valence electrons. The molecule has 0 saturated heterocycles. The van der Waals surface area contributed by atoms with E-state index in [1.54, 1.807) is 6.92 Å². The predicted molar refractivity (Wildman–Crippen MR) is 142 cm³/mol. The summed E-state index contributed by atoms with van der Waals surface area (Å²) in [5.74, 6) is -0.963. The van der Waals surface area contributed by atoms with Crippen molar-refractivity contribution in [2.45, 2.75) is 82.5 Å². The van der Waals surface area contributed by atoms with Crippen LogP contribution in [-0.2, 0) is 13.7 Å². The lowest BCUT2D eigenvalue weighted by Crippen LogP contribution is -2.34. The molecule has 7 N–H and O–H groups in total. The SMILES string of the molecule is CC/C=C(/COP(=O)(O)CP(=O)(O)O)[C@@H](O)[C@H](F)[C@@H](O)n1cnc2c(NC3CCCC3)nc(C(O)C3CC3)nc21. The van der Waals surface area contributed by atoms with Gasteiger partial charge in [-0.3, -0.25) is 13.7 Å². The summed E-state index contributed by atoms with van der Waals surface area (Å²) in [7, 11) is -9.65. The van der Waals surface area contributed by atoms with Gasteiger partial charge in [0, 0.05) is 6.04 Å². The minimum absolute atomic E-state index is 0.00336. The molecule has 2 unspecified atom stereocenters. The molecule has 0 aromatic carbocycles. The number of fused-ring (bicyclic) bond motifs is 1. The minimum Gasteiger partial charge on any atom is -0.385 e. The molecule has 0 spiro atoms. The highest BCUT2D eigenvalue weighted by Crippen LogP contribution is 2.55. The first-order valence-corrected chi connectivity index (χ1v) is 16.7. The molecule has 14 nitrogen and oxygen atoms in total. The van der Waals surface area contributed by atoms with E-state index in [0.717, 1.165) is 49.4 Å². The maximum atomic E-state index is 15.6. The number of hydrogen-bond acceptors (Lipinski definition) is 10. The van der Waals surface area contributed by atoms with Crippen LogP contribution in [0.4, 0.5) is 10.2 Å². The van der Waals surface area contributed by atoms with Crippen LogP contribution in [0.2, 0.25) is 0 Å². The largest absolute Gasteiger partial charge is 0.385 e. The summed E-state index contributed by atoms with van der Waals surface area (Å²) < 4.78 is 44.5. The van der Waals surface area contributed by atoms with Crippen LogP contribution in [0.15, 0.2) is 18.0 Å². The summed E-state index contributed by atoms with van der Waals surface area (Å²) in [6, 6.07) is 0.143. The molecule has 40 heavy (non-hydrogen) atoms. The average Bonchev–Trinajstić information content (AvgIpc) is 3.43. The number of hydrogen-bond donors (Lipinski definition) is 7. The maximum absolute atomic E-state index is 15.6. The topological polar surface area (TPSA) is 220 Å². The number of aliphatic hydroxyl groups excluding tert-OH is 3. The Morgan fingerprint density at radius 1 is 1.18 bits per heavy atom. The molecule has 5 atom stereocenters. The van der Waals surface area contributed by atoms with E-state index in [0.29, 0.717) is 5.82 Å². The molecule has 17 heteroatoms. The van der Waals surface area contributed by atoms with Crippen LogP contribution in [-0.4, -0.2) is 80.3 Å². The van der Waals surface area contributed by atoms with E-state index in [9.17, 15) is 29.3 Å². The van der Waals surface area contributed by atoms with E-state index >= 15 is 4.39 Å². The van der Waals surface area contributed by atoms with E-state index < -0.39 is 52.3 Å². The predicted octanol–water partition coefficient (Wildman–Crippen LogP) is 2.49. The molecular formula is C23H36FN5O9P2. The van der Waals surface area contributed by atoms with Crippen LogP contribution in [0.1, 0.15) is 70.0 Å². The molecule has 2 aliphatic rings. The Hall–Kier alpha value is -1.80. The number of imidazole rings is 1. The smallest absolute Gasteiger partial charge is 0.340 e. The van der Waals surface area contributed by atoms with E-state index in [1.807, 2.05) is 0 Å². The number of halogens is 1. The third-order valence-electron chi connectivity index (χ3n) is 6.98. The molecule has 0 amide bonds. The molecule has 2 aromatic rings. The Kier molecular flexibility index (Phi) is 9.81. The van der Waals surface area contributed by atoms with Crippen molar-refractivity contribution in [1.29, 1.82) is 0 Å². The van der Waals surface area contributed by atoms with E-state index in [4.69, 9.17) is 14.3 Å². The second-order valence-electron chi connectivity index (χ2n) is 10.4. The van der Waals surface area contributed by atoms with E-state index in [-0.39, 0.29) is 40.9 Å². The van der Waals surface area contributed by atoms with Crippen LogP contribution in [0, 0.1) is 5.92 Å². The van der Waals surface area contributed by atoms with Crippen molar-refractivity contribution in [2.24, 2.45) is 5.92 Å². The summed E-state index contributed by atoms with van der Waals surface area (Å²) in [6.45, 7) is 0.840. The van der Waals surface area contributed by atoms with Crippen molar-refractivity contribution in [3.05, 3.63) is 23.8 Å². The third-order valence-corrected chi connectivity index (χ3v) is 10.4. The van der Waals surface area contributed by atoms with E-state index in [2.05, 4.69) is 20.3 Å². The highest BCUT2D eigenvalue weighted by atomic mass is 31.2. The summed E-state index contributed by atoms with van der Waals surface area (Å²) in [5, 5.41) is 35.7. The Morgan fingerprint density at radius 3 is 2.45 bits per heavy atom. The highest BCUT2D eigenvalue weighted by Gasteiger charge is 2.37. The zero-order valence-corrected chi connectivity index (χ0v) is 23.7. The number of anilines is 1. The zero-order chi connectivity index (χ0) is 29.2. The van der Waals surface area contributed by atoms with Gasteiger partial charge < -0.3 is 39.8 Å². The van der Waals surface area contributed by atoms with Crippen molar-refractivity contribution in [3.63, 3.8) is 0 Å². The Bertz CT molecular complexity index is 1310. The second-order valence-corrected chi connectivity index (χ2v) is 14.4. The van der Waals surface area contributed by atoms with Crippen LogP contribution >= 0.6 is 15.2 Å². The van der Waals surface area contributed by atoms with Gasteiger partial charge in [0.05, 0.1) is 12.9 Å². The lowest BCUT2D eigenvalue weighted by Gasteiger charge is -2.25. The van der Waals surface area contributed by atoms with Gasteiger partial charge in [-0.25, -0.2) is 19.3 Å². The van der Waals surface area contributed by atoms with Crippen molar-refractivity contribution in [1.82, 2.24) is 19.5 Å². The van der Waals surface area contributed by atoms with Crippen molar-refractivity contribution in [3.8, 4) is 0 Å². The van der Waals surface area contributed by atoms with Crippen molar-refractivity contribution < 1.29 is 48.0 Å². The van der Waals surface area contributed by atoms with Gasteiger partial charge in [-0.15, -0.1) is 0 Å².